The predicted molar refractivity (Wildman–Crippen MR) is 84.4 cm³/mol. The molecule has 22 heavy (non-hydrogen) atoms. The van der Waals surface area contributed by atoms with Gasteiger partial charge in [0.1, 0.15) is 0 Å². The summed E-state index contributed by atoms with van der Waals surface area (Å²) in [5, 5.41) is 7.26. The highest BCUT2D eigenvalue weighted by molar-refractivity contribution is 5.92. The lowest BCUT2D eigenvalue weighted by Gasteiger charge is -2.23. The van der Waals surface area contributed by atoms with Crippen LogP contribution in [0.5, 0.6) is 0 Å². The van der Waals surface area contributed by atoms with Crippen molar-refractivity contribution in [3.63, 3.8) is 0 Å². The van der Waals surface area contributed by atoms with Crippen LogP contribution in [0.15, 0.2) is 36.9 Å². The van der Waals surface area contributed by atoms with Crippen LogP contribution >= 0.6 is 0 Å². The van der Waals surface area contributed by atoms with Gasteiger partial charge in [-0.15, -0.1) is 0 Å². The zero-order chi connectivity index (χ0) is 15.4. The summed E-state index contributed by atoms with van der Waals surface area (Å²) < 4.78 is 1.97. The van der Waals surface area contributed by atoms with Crippen LogP contribution in [-0.2, 0) is 11.3 Å². The number of aromatic nitrogens is 3. The number of amides is 1. The van der Waals surface area contributed by atoms with Gasteiger partial charge in [0, 0.05) is 30.3 Å². The molecule has 1 N–H and O–H groups in total. The van der Waals surface area contributed by atoms with Crippen LogP contribution in [0.4, 0.5) is 5.69 Å². The number of likely N-dealkylation sites (tertiary alicyclic amines) is 1. The fourth-order valence-corrected chi connectivity index (χ4v) is 2.91. The molecule has 0 aliphatic carbocycles. The maximum Gasteiger partial charge on any atom is 0.238 e. The normalized spacial score (nSPS) is 18.5. The number of anilines is 1. The van der Waals surface area contributed by atoms with E-state index in [2.05, 4.69) is 20.3 Å². The highest BCUT2D eigenvalue weighted by Gasteiger charge is 2.26. The lowest BCUT2D eigenvalue weighted by molar-refractivity contribution is -0.117. The zero-order valence-corrected chi connectivity index (χ0v) is 12.8. The van der Waals surface area contributed by atoms with E-state index < -0.39 is 0 Å². The Morgan fingerprint density at radius 3 is 2.95 bits per heavy atom. The number of nitrogens with zero attached hydrogens (tertiary/aromatic N) is 4. The average molecular weight is 299 g/mol. The quantitative estimate of drug-likeness (QED) is 0.912. The molecular weight excluding hydrogens is 278 g/mol. The van der Waals surface area contributed by atoms with E-state index in [1.807, 2.05) is 24.0 Å². The van der Waals surface area contributed by atoms with Gasteiger partial charge in [0.15, 0.2) is 0 Å². The Labute approximate surface area is 130 Å². The van der Waals surface area contributed by atoms with Crippen LogP contribution in [0.2, 0.25) is 0 Å². The van der Waals surface area contributed by atoms with Crippen molar-refractivity contribution in [3.05, 3.63) is 42.5 Å². The second-order valence-corrected chi connectivity index (χ2v) is 5.79. The lowest BCUT2D eigenvalue weighted by Crippen LogP contribution is -2.39. The van der Waals surface area contributed by atoms with Crippen molar-refractivity contribution >= 4 is 11.6 Å². The number of pyridine rings is 1. The molecule has 0 aromatic carbocycles. The molecule has 3 rings (SSSR count). The number of hydrogen-bond donors (Lipinski definition) is 1. The Kier molecular flexibility index (Phi) is 4.48. The summed E-state index contributed by atoms with van der Waals surface area (Å²) in [6, 6.07) is 3.97. The molecule has 0 saturated carbocycles. The van der Waals surface area contributed by atoms with E-state index >= 15 is 0 Å². The molecule has 0 radical (unpaired) electrons. The minimum absolute atomic E-state index is 0.0229. The van der Waals surface area contributed by atoms with Crippen molar-refractivity contribution in [3.8, 4) is 0 Å². The van der Waals surface area contributed by atoms with E-state index in [-0.39, 0.29) is 5.91 Å². The third-order valence-electron chi connectivity index (χ3n) is 3.97. The van der Waals surface area contributed by atoms with Crippen molar-refractivity contribution in [2.45, 2.75) is 32.4 Å². The Bertz CT molecular complexity index is 624. The first-order valence-electron chi connectivity index (χ1n) is 7.64. The van der Waals surface area contributed by atoms with E-state index in [9.17, 15) is 4.79 Å². The lowest BCUT2D eigenvalue weighted by atomic mass is 10.2. The van der Waals surface area contributed by atoms with Crippen molar-refractivity contribution in [2.24, 2.45) is 0 Å². The molecule has 116 valence electrons. The van der Waals surface area contributed by atoms with Crippen molar-refractivity contribution in [1.29, 1.82) is 0 Å². The van der Waals surface area contributed by atoms with E-state index in [1.54, 1.807) is 24.5 Å². The summed E-state index contributed by atoms with van der Waals surface area (Å²) >= 11 is 0. The Morgan fingerprint density at radius 2 is 2.23 bits per heavy atom. The summed E-state index contributed by atoms with van der Waals surface area (Å²) in [5.41, 5.74) is 1.96. The standard InChI is InChI=1S/C16H21N5O/c1-13-9-18-21(10-13)11-15-3-2-8-20(15)12-16(22)19-14-4-6-17-7-5-14/h4-7,9-10,15H,2-3,8,11-12H2,1H3,(H,17,19,22). The topological polar surface area (TPSA) is 63.1 Å². The molecule has 1 fully saturated rings. The number of hydrogen-bond acceptors (Lipinski definition) is 4. The van der Waals surface area contributed by atoms with E-state index in [4.69, 9.17) is 0 Å². The SMILES string of the molecule is Cc1cnn(CC2CCCN2CC(=O)Nc2ccncc2)c1. The predicted octanol–water partition coefficient (Wildman–Crippen LogP) is 1.69. The Balaban J connectivity index is 1.55. The minimum Gasteiger partial charge on any atom is -0.325 e. The molecule has 1 unspecified atom stereocenters. The monoisotopic (exact) mass is 299 g/mol. The molecule has 0 spiro atoms. The zero-order valence-electron chi connectivity index (χ0n) is 12.8. The van der Waals surface area contributed by atoms with Crippen LogP contribution in [-0.4, -0.2) is 44.7 Å². The third kappa shape index (κ3) is 3.71. The number of carbonyl (C=O) groups excluding carboxylic acids is 1. The molecular formula is C16H21N5O. The van der Waals surface area contributed by atoms with E-state index in [0.717, 1.165) is 31.6 Å². The van der Waals surface area contributed by atoms with Gasteiger partial charge in [-0.1, -0.05) is 0 Å². The second kappa shape index (κ2) is 6.70. The molecule has 1 amide bonds. The smallest absolute Gasteiger partial charge is 0.238 e. The van der Waals surface area contributed by atoms with Crippen LogP contribution in [0.1, 0.15) is 18.4 Å². The summed E-state index contributed by atoms with van der Waals surface area (Å²) in [6.45, 7) is 4.27. The largest absolute Gasteiger partial charge is 0.325 e. The Hall–Kier alpha value is -2.21. The molecule has 2 aromatic heterocycles. The highest BCUT2D eigenvalue weighted by Crippen LogP contribution is 2.18. The molecule has 6 heteroatoms. The molecule has 2 aromatic rings. The number of nitrogens with one attached hydrogen (secondary N) is 1. The van der Waals surface area contributed by atoms with Gasteiger partial charge in [-0.25, -0.2) is 0 Å². The van der Waals surface area contributed by atoms with Gasteiger partial charge in [-0.2, -0.15) is 5.10 Å². The van der Waals surface area contributed by atoms with E-state index in [0.29, 0.717) is 12.6 Å². The number of rotatable bonds is 5. The van der Waals surface area contributed by atoms with Gasteiger partial charge in [0.05, 0.1) is 19.3 Å². The molecule has 6 nitrogen and oxygen atoms in total. The van der Waals surface area contributed by atoms with Gasteiger partial charge < -0.3 is 5.32 Å². The molecule has 1 atom stereocenters. The first-order valence-corrected chi connectivity index (χ1v) is 7.64. The number of aryl methyl sites for hydroxylation is 1. The molecule has 1 aliphatic rings. The molecule has 1 saturated heterocycles. The maximum absolute atomic E-state index is 12.2. The van der Waals surface area contributed by atoms with Crippen LogP contribution in [0, 0.1) is 6.92 Å². The van der Waals surface area contributed by atoms with Gasteiger partial charge in [-0.05, 0) is 44.0 Å². The summed E-state index contributed by atoms with van der Waals surface area (Å²) in [7, 11) is 0. The molecule has 0 bridgehead atoms. The van der Waals surface area contributed by atoms with Gasteiger partial charge in [-0.3, -0.25) is 19.4 Å². The Morgan fingerprint density at radius 1 is 1.41 bits per heavy atom. The van der Waals surface area contributed by atoms with Crippen LogP contribution in [0.25, 0.3) is 0 Å². The molecule has 1 aliphatic heterocycles. The van der Waals surface area contributed by atoms with Crippen LogP contribution in [0.3, 0.4) is 0 Å². The van der Waals surface area contributed by atoms with E-state index in [1.165, 1.54) is 5.56 Å². The van der Waals surface area contributed by atoms with Crippen molar-refractivity contribution < 1.29 is 4.79 Å². The minimum atomic E-state index is 0.0229. The maximum atomic E-state index is 12.2. The van der Waals surface area contributed by atoms with Crippen molar-refractivity contribution in [2.75, 3.05) is 18.4 Å². The molecule has 3 heterocycles. The summed E-state index contributed by atoms with van der Waals surface area (Å²) in [4.78, 5) is 18.4. The highest BCUT2D eigenvalue weighted by atomic mass is 16.2. The van der Waals surface area contributed by atoms with Crippen molar-refractivity contribution in [1.82, 2.24) is 19.7 Å². The second-order valence-electron chi connectivity index (χ2n) is 5.79. The summed E-state index contributed by atoms with van der Waals surface area (Å²) in [6.07, 6.45) is 9.51. The van der Waals surface area contributed by atoms with Gasteiger partial charge in [0.25, 0.3) is 0 Å². The fourth-order valence-electron chi connectivity index (χ4n) is 2.91. The van der Waals surface area contributed by atoms with Gasteiger partial charge in [0.2, 0.25) is 5.91 Å². The first-order chi connectivity index (χ1) is 10.7. The summed E-state index contributed by atoms with van der Waals surface area (Å²) in [5.74, 6) is 0.0229. The first kappa shape index (κ1) is 14.7. The average Bonchev–Trinajstić information content (AvgIpc) is 3.10. The third-order valence-corrected chi connectivity index (χ3v) is 3.97. The fraction of sp³-hybridized carbons (Fsp3) is 0.438. The van der Waals surface area contributed by atoms with Crippen LogP contribution < -0.4 is 5.32 Å². The number of carbonyl (C=O) groups is 1. The van der Waals surface area contributed by atoms with Gasteiger partial charge >= 0.3 is 0 Å².